The molecule has 0 fully saturated rings. The lowest BCUT2D eigenvalue weighted by Crippen LogP contribution is -2.13. The van der Waals surface area contributed by atoms with E-state index in [1.165, 1.54) is 24.3 Å². The number of ether oxygens (including phenoxy) is 2. The first-order valence-electron chi connectivity index (χ1n) is 8.57. The predicted octanol–water partition coefficient (Wildman–Crippen LogP) is 4.10. The summed E-state index contributed by atoms with van der Waals surface area (Å²) >= 11 is 0. The molecule has 0 spiro atoms. The maximum absolute atomic E-state index is 12.9. The van der Waals surface area contributed by atoms with Gasteiger partial charge in [0, 0.05) is 12.1 Å². The van der Waals surface area contributed by atoms with Crippen molar-refractivity contribution in [3.05, 3.63) is 77.7 Å². The molecule has 144 valence electrons. The highest BCUT2D eigenvalue weighted by Gasteiger charge is 2.07. The van der Waals surface area contributed by atoms with E-state index in [2.05, 4.69) is 15.6 Å². The third kappa shape index (κ3) is 4.76. The van der Waals surface area contributed by atoms with Crippen molar-refractivity contribution in [3.8, 4) is 11.5 Å². The van der Waals surface area contributed by atoms with Crippen LogP contribution >= 0.6 is 0 Å². The second-order valence-corrected chi connectivity index (χ2v) is 5.94. The van der Waals surface area contributed by atoms with Crippen LogP contribution in [0, 0.1) is 5.82 Å². The van der Waals surface area contributed by atoms with Crippen molar-refractivity contribution in [2.24, 2.45) is 0 Å². The highest BCUT2D eigenvalue weighted by molar-refractivity contribution is 6.03. The predicted molar refractivity (Wildman–Crippen MR) is 105 cm³/mol. The maximum Gasteiger partial charge on any atom is 0.256 e. The molecule has 1 aromatic heterocycles. The summed E-state index contributed by atoms with van der Waals surface area (Å²) in [5, 5.41) is 5.93. The van der Waals surface area contributed by atoms with Crippen molar-refractivity contribution in [3.63, 3.8) is 0 Å². The van der Waals surface area contributed by atoms with E-state index < -0.39 is 0 Å². The van der Waals surface area contributed by atoms with Crippen LogP contribution in [-0.2, 0) is 6.54 Å². The zero-order valence-corrected chi connectivity index (χ0v) is 15.5. The Morgan fingerprint density at radius 1 is 1.00 bits per heavy atom. The molecule has 0 saturated heterocycles. The number of halogens is 1. The molecule has 2 N–H and O–H groups in total. The Labute approximate surface area is 162 Å². The third-order valence-corrected chi connectivity index (χ3v) is 4.06. The Kier molecular flexibility index (Phi) is 6.06. The Morgan fingerprint density at radius 3 is 2.39 bits per heavy atom. The van der Waals surface area contributed by atoms with Gasteiger partial charge >= 0.3 is 0 Å². The van der Waals surface area contributed by atoms with E-state index in [4.69, 9.17) is 9.47 Å². The Hall–Kier alpha value is -3.61. The van der Waals surface area contributed by atoms with Gasteiger partial charge in [0.15, 0.2) is 11.5 Å². The van der Waals surface area contributed by atoms with Crippen molar-refractivity contribution < 1.29 is 18.7 Å². The molecule has 0 atom stereocenters. The summed E-state index contributed by atoms with van der Waals surface area (Å²) in [6, 6.07) is 14.5. The van der Waals surface area contributed by atoms with Crippen LogP contribution in [0.3, 0.4) is 0 Å². The fourth-order valence-electron chi connectivity index (χ4n) is 2.56. The molecule has 0 radical (unpaired) electrons. The van der Waals surface area contributed by atoms with Crippen molar-refractivity contribution in [2.45, 2.75) is 6.54 Å². The standard InChI is InChI=1S/C21H20FN3O3/c1-27-18-9-3-14(11-19(18)28-2)12-23-17-8-10-20(24-13-17)25-21(26)15-4-6-16(22)7-5-15/h3-11,13,23H,12H2,1-2H3,(H,24,25,26). The van der Waals surface area contributed by atoms with Gasteiger partial charge in [-0.2, -0.15) is 0 Å². The molecule has 7 heteroatoms. The van der Waals surface area contributed by atoms with Crippen LogP contribution in [0.1, 0.15) is 15.9 Å². The smallest absolute Gasteiger partial charge is 0.256 e. The Morgan fingerprint density at radius 2 is 1.75 bits per heavy atom. The molecule has 0 saturated carbocycles. The second-order valence-electron chi connectivity index (χ2n) is 5.94. The van der Waals surface area contributed by atoms with Crippen LogP contribution in [0.2, 0.25) is 0 Å². The minimum Gasteiger partial charge on any atom is -0.493 e. The zero-order valence-electron chi connectivity index (χ0n) is 15.5. The van der Waals surface area contributed by atoms with Crippen molar-refractivity contribution in [1.82, 2.24) is 4.98 Å². The van der Waals surface area contributed by atoms with Gasteiger partial charge in [0.2, 0.25) is 0 Å². The highest BCUT2D eigenvalue weighted by Crippen LogP contribution is 2.27. The molecule has 0 bridgehead atoms. The fraction of sp³-hybridized carbons (Fsp3) is 0.143. The van der Waals surface area contributed by atoms with Crippen LogP contribution < -0.4 is 20.1 Å². The maximum atomic E-state index is 12.9. The number of carbonyl (C=O) groups is 1. The SMILES string of the molecule is COc1ccc(CNc2ccc(NC(=O)c3ccc(F)cc3)nc2)cc1OC. The lowest BCUT2D eigenvalue weighted by molar-refractivity contribution is 0.102. The van der Waals surface area contributed by atoms with Gasteiger partial charge in [0.05, 0.1) is 26.1 Å². The van der Waals surface area contributed by atoms with E-state index in [0.717, 1.165) is 11.3 Å². The molecule has 0 aliphatic heterocycles. The second kappa shape index (κ2) is 8.85. The molecular formula is C21H20FN3O3. The van der Waals surface area contributed by atoms with Gasteiger partial charge in [-0.3, -0.25) is 4.79 Å². The fourth-order valence-corrected chi connectivity index (χ4v) is 2.56. The van der Waals surface area contributed by atoms with Gasteiger partial charge < -0.3 is 20.1 Å². The quantitative estimate of drug-likeness (QED) is 0.645. The minimum atomic E-state index is -0.389. The largest absolute Gasteiger partial charge is 0.493 e. The molecule has 0 aliphatic rings. The zero-order chi connectivity index (χ0) is 19.9. The first kappa shape index (κ1) is 19.2. The van der Waals surface area contributed by atoms with Crippen molar-refractivity contribution in [1.29, 1.82) is 0 Å². The number of benzene rings is 2. The van der Waals surface area contributed by atoms with E-state index in [-0.39, 0.29) is 11.7 Å². The van der Waals surface area contributed by atoms with Gasteiger partial charge in [0.1, 0.15) is 11.6 Å². The molecule has 3 rings (SSSR count). The molecular weight excluding hydrogens is 361 g/mol. The monoisotopic (exact) mass is 381 g/mol. The first-order valence-corrected chi connectivity index (χ1v) is 8.57. The molecule has 6 nitrogen and oxygen atoms in total. The number of nitrogens with zero attached hydrogens (tertiary/aromatic N) is 1. The number of methoxy groups -OCH3 is 2. The summed E-state index contributed by atoms with van der Waals surface area (Å²) < 4.78 is 23.5. The topological polar surface area (TPSA) is 72.5 Å². The Balaban J connectivity index is 1.58. The first-order chi connectivity index (χ1) is 13.6. The summed E-state index contributed by atoms with van der Waals surface area (Å²) in [4.78, 5) is 16.3. The number of nitrogens with one attached hydrogen (secondary N) is 2. The van der Waals surface area contributed by atoms with Gasteiger partial charge in [-0.15, -0.1) is 0 Å². The van der Waals surface area contributed by atoms with Gasteiger partial charge in [-0.25, -0.2) is 9.37 Å². The van der Waals surface area contributed by atoms with Crippen LogP contribution in [0.4, 0.5) is 15.9 Å². The summed E-state index contributed by atoms with van der Waals surface area (Å²) in [5.41, 5.74) is 2.18. The van der Waals surface area contributed by atoms with Gasteiger partial charge in [-0.1, -0.05) is 6.07 Å². The van der Waals surface area contributed by atoms with Crippen LogP contribution in [0.5, 0.6) is 11.5 Å². The Bertz CT molecular complexity index is 944. The molecule has 0 unspecified atom stereocenters. The number of hydrogen-bond acceptors (Lipinski definition) is 5. The van der Waals surface area contributed by atoms with Crippen molar-refractivity contribution >= 4 is 17.4 Å². The summed E-state index contributed by atoms with van der Waals surface area (Å²) in [7, 11) is 3.19. The van der Waals surface area contributed by atoms with Crippen LogP contribution in [-0.4, -0.2) is 25.1 Å². The van der Waals surface area contributed by atoms with E-state index in [0.29, 0.717) is 29.4 Å². The summed E-state index contributed by atoms with van der Waals surface area (Å²) in [6.07, 6.45) is 1.63. The van der Waals surface area contributed by atoms with E-state index in [1.807, 2.05) is 24.3 Å². The number of aromatic nitrogens is 1. The van der Waals surface area contributed by atoms with E-state index >= 15 is 0 Å². The van der Waals surface area contributed by atoms with Crippen LogP contribution in [0.15, 0.2) is 60.8 Å². The molecule has 1 amide bonds. The number of hydrogen-bond donors (Lipinski definition) is 2. The highest BCUT2D eigenvalue weighted by atomic mass is 19.1. The molecule has 28 heavy (non-hydrogen) atoms. The number of anilines is 2. The summed E-state index contributed by atoms with van der Waals surface area (Å²) in [6.45, 7) is 0.573. The molecule has 2 aromatic carbocycles. The molecule has 3 aromatic rings. The summed E-state index contributed by atoms with van der Waals surface area (Å²) in [5.74, 6) is 1.01. The van der Waals surface area contributed by atoms with E-state index in [1.54, 1.807) is 26.5 Å². The van der Waals surface area contributed by atoms with Gasteiger partial charge in [0.25, 0.3) is 5.91 Å². The van der Waals surface area contributed by atoms with Crippen LogP contribution in [0.25, 0.3) is 0 Å². The minimum absolute atomic E-state index is 0.349. The number of pyridine rings is 1. The third-order valence-electron chi connectivity index (χ3n) is 4.06. The number of amides is 1. The molecule has 1 heterocycles. The molecule has 0 aliphatic carbocycles. The van der Waals surface area contributed by atoms with E-state index in [9.17, 15) is 9.18 Å². The average Bonchev–Trinajstić information content (AvgIpc) is 2.73. The number of carbonyl (C=O) groups excluding carboxylic acids is 1. The normalized spacial score (nSPS) is 10.2. The average molecular weight is 381 g/mol. The van der Waals surface area contributed by atoms with Crippen molar-refractivity contribution in [2.75, 3.05) is 24.9 Å². The number of rotatable bonds is 7. The lowest BCUT2D eigenvalue weighted by Gasteiger charge is -2.11. The lowest BCUT2D eigenvalue weighted by atomic mass is 10.2. The van der Waals surface area contributed by atoms with Gasteiger partial charge in [-0.05, 0) is 54.1 Å².